The van der Waals surface area contributed by atoms with Crippen LogP contribution in [0.4, 0.5) is 0 Å². The molecule has 1 N–H and O–H groups in total. The van der Waals surface area contributed by atoms with E-state index in [1.165, 1.54) is 0 Å². The Morgan fingerprint density at radius 1 is 1.19 bits per heavy atom. The molecule has 0 spiro atoms. The topological polar surface area (TPSA) is 38.7 Å². The van der Waals surface area contributed by atoms with Gasteiger partial charge in [-0.1, -0.05) is 15.9 Å². The van der Waals surface area contributed by atoms with Crippen LogP contribution in [0, 0.1) is 0 Å². The molecule has 0 saturated carbocycles. The van der Waals surface area contributed by atoms with Crippen molar-refractivity contribution in [3.63, 3.8) is 0 Å². The number of aliphatic hydroxyl groups is 1. The van der Waals surface area contributed by atoms with Gasteiger partial charge in [0.1, 0.15) is 11.5 Å². The molecule has 0 atom stereocenters. The summed E-state index contributed by atoms with van der Waals surface area (Å²) in [6.45, 7) is 3.52. The Labute approximate surface area is 105 Å². The highest BCUT2D eigenvalue weighted by Gasteiger charge is 2.20. The van der Waals surface area contributed by atoms with Crippen molar-refractivity contribution in [1.82, 2.24) is 0 Å². The van der Waals surface area contributed by atoms with E-state index in [0.717, 1.165) is 10.0 Å². The third-order valence-electron chi connectivity index (χ3n) is 2.18. The summed E-state index contributed by atoms with van der Waals surface area (Å²) >= 11 is 3.39. The molecule has 0 radical (unpaired) electrons. The van der Waals surface area contributed by atoms with Gasteiger partial charge in [-0.25, -0.2) is 0 Å². The predicted molar refractivity (Wildman–Crippen MR) is 67.2 cm³/mol. The van der Waals surface area contributed by atoms with Crippen LogP contribution >= 0.6 is 15.9 Å². The zero-order valence-electron chi connectivity index (χ0n) is 10.0. The van der Waals surface area contributed by atoms with Crippen LogP contribution in [0.25, 0.3) is 0 Å². The first-order valence-corrected chi connectivity index (χ1v) is 5.79. The van der Waals surface area contributed by atoms with Crippen molar-refractivity contribution in [3.05, 3.63) is 22.2 Å². The first-order chi connectivity index (χ1) is 7.37. The van der Waals surface area contributed by atoms with E-state index >= 15 is 0 Å². The molecule has 0 unspecified atom stereocenters. The van der Waals surface area contributed by atoms with Crippen molar-refractivity contribution >= 4 is 15.9 Å². The number of hydrogen-bond acceptors (Lipinski definition) is 3. The van der Waals surface area contributed by atoms with E-state index < -0.39 is 5.60 Å². The Morgan fingerprint density at radius 3 is 1.94 bits per heavy atom. The number of ether oxygens (including phenoxy) is 2. The van der Waals surface area contributed by atoms with Gasteiger partial charge < -0.3 is 14.6 Å². The molecule has 0 aromatic heterocycles. The van der Waals surface area contributed by atoms with Crippen LogP contribution in [0.15, 0.2) is 16.6 Å². The molecule has 0 bridgehead atoms. The molecule has 0 heterocycles. The zero-order valence-corrected chi connectivity index (χ0v) is 11.6. The van der Waals surface area contributed by atoms with Gasteiger partial charge in [0, 0.05) is 16.5 Å². The zero-order chi connectivity index (χ0) is 12.3. The number of methoxy groups -OCH3 is 2. The molecular weight excluding hydrogens is 272 g/mol. The van der Waals surface area contributed by atoms with Gasteiger partial charge in [-0.3, -0.25) is 0 Å². The molecule has 0 aliphatic rings. The van der Waals surface area contributed by atoms with E-state index in [9.17, 15) is 5.11 Å². The van der Waals surface area contributed by atoms with Gasteiger partial charge in [-0.15, -0.1) is 0 Å². The van der Waals surface area contributed by atoms with Crippen LogP contribution in [0.5, 0.6) is 11.5 Å². The molecule has 1 aromatic carbocycles. The number of benzene rings is 1. The SMILES string of the molecule is COc1cc(Br)cc(OC)c1CC(C)(C)O. The van der Waals surface area contributed by atoms with E-state index in [2.05, 4.69) is 15.9 Å². The molecule has 0 fully saturated rings. The molecule has 0 saturated heterocycles. The highest BCUT2D eigenvalue weighted by molar-refractivity contribution is 9.10. The van der Waals surface area contributed by atoms with Crippen LogP contribution in [0.2, 0.25) is 0 Å². The Morgan fingerprint density at radius 2 is 1.62 bits per heavy atom. The summed E-state index contributed by atoms with van der Waals surface area (Å²) < 4.78 is 11.5. The minimum absolute atomic E-state index is 0.479. The van der Waals surface area contributed by atoms with Crippen molar-refractivity contribution in [3.8, 4) is 11.5 Å². The second-order valence-electron chi connectivity index (χ2n) is 4.28. The largest absolute Gasteiger partial charge is 0.496 e. The van der Waals surface area contributed by atoms with Gasteiger partial charge in [0.25, 0.3) is 0 Å². The van der Waals surface area contributed by atoms with E-state index in [4.69, 9.17) is 9.47 Å². The predicted octanol–water partition coefficient (Wildman–Crippen LogP) is 2.78. The molecule has 1 aromatic rings. The Balaban J connectivity index is 3.22. The first kappa shape index (κ1) is 13.3. The first-order valence-electron chi connectivity index (χ1n) is 5.00. The highest BCUT2D eigenvalue weighted by atomic mass is 79.9. The van der Waals surface area contributed by atoms with Crippen LogP contribution in [0.1, 0.15) is 19.4 Å². The third-order valence-corrected chi connectivity index (χ3v) is 2.64. The molecule has 4 heteroatoms. The van der Waals surface area contributed by atoms with Gasteiger partial charge in [0.15, 0.2) is 0 Å². The number of hydrogen-bond donors (Lipinski definition) is 1. The van der Waals surface area contributed by atoms with Crippen LogP contribution < -0.4 is 9.47 Å². The Kier molecular flexibility index (Phi) is 4.21. The quantitative estimate of drug-likeness (QED) is 0.926. The second-order valence-corrected chi connectivity index (χ2v) is 5.19. The maximum absolute atomic E-state index is 9.86. The van der Waals surface area contributed by atoms with Gasteiger partial charge in [0.2, 0.25) is 0 Å². The maximum atomic E-state index is 9.86. The minimum Gasteiger partial charge on any atom is -0.496 e. The normalized spacial score (nSPS) is 11.4. The van der Waals surface area contributed by atoms with Crippen LogP contribution in [0.3, 0.4) is 0 Å². The van der Waals surface area contributed by atoms with E-state index in [1.54, 1.807) is 28.1 Å². The van der Waals surface area contributed by atoms with Gasteiger partial charge in [0.05, 0.1) is 19.8 Å². The third kappa shape index (κ3) is 3.39. The molecule has 1 rings (SSSR count). The summed E-state index contributed by atoms with van der Waals surface area (Å²) in [5.74, 6) is 1.43. The lowest BCUT2D eigenvalue weighted by molar-refractivity contribution is 0.0795. The van der Waals surface area contributed by atoms with Crippen LogP contribution in [-0.4, -0.2) is 24.9 Å². The second kappa shape index (κ2) is 5.06. The lowest BCUT2D eigenvalue weighted by Crippen LogP contribution is -2.22. The summed E-state index contributed by atoms with van der Waals surface area (Å²) in [6.07, 6.45) is 0.479. The Hall–Kier alpha value is -0.740. The van der Waals surface area contributed by atoms with Gasteiger partial charge in [-0.05, 0) is 26.0 Å². The molecule has 0 aliphatic carbocycles. The molecule has 0 aliphatic heterocycles. The van der Waals surface area contributed by atoms with E-state index in [0.29, 0.717) is 17.9 Å². The fourth-order valence-corrected chi connectivity index (χ4v) is 1.97. The summed E-state index contributed by atoms with van der Waals surface area (Å²) in [5, 5.41) is 9.86. The van der Waals surface area contributed by atoms with E-state index in [-0.39, 0.29) is 0 Å². The van der Waals surface area contributed by atoms with Crippen molar-refractivity contribution in [2.24, 2.45) is 0 Å². The summed E-state index contributed by atoms with van der Waals surface area (Å²) in [7, 11) is 3.21. The molecule has 3 nitrogen and oxygen atoms in total. The average Bonchev–Trinajstić information content (AvgIpc) is 2.18. The van der Waals surface area contributed by atoms with E-state index in [1.807, 2.05) is 12.1 Å². The van der Waals surface area contributed by atoms with Crippen molar-refractivity contribution in [2.75, 3.05) is 14.2 Å². The standard InChI is InChI=1S/C12H17BrO3/c1-12(2,14)7-9-10(15-3)5-8(13)6-11(9)16-4/h5-6,14H,7H2,1-4H3. The smallest absolute Gasteiger partial charge is 0.126 e. The number of rotatable bonds is 4. The van der Waals surface area contributed by atoms with Crippen LogP contribution in [-0.2, 0) is 6.42 Å². The molecular formula is C12H17BrO3. The van der Waals surface area contributed by atoms with Crippen molar-refractivity contribution in [2.45, 2.75) is 25.9 Å². The average molecular weight is 289 g/mol. The lowest BCUT2D eigenvalue weighted by atomic mass is 9.97. The minimum atomic E-state index is -0.797. The monoisotopic (exact) mass is 288 g/mol. The van der Waals surface area contributed by atoms with Crippen molar-refractivity contribution < 1.29 is 14.6 Å². The summed E-state index contributed by atoms with van der Waals surface area (Å²) in [6, 6.07) is 3.73. The lowest BCUT2D eigenvalue weighted by Gasteiger charge is -2.21. The fourth-order valence-electron chi connectivity index (χ4n) is 1.56. The molecule has 16 heavy (non-hydrogen) atoms. The maximum Gasteiger partial charge on any atom is 0.126 e. The Bertz CT molecular complexity index is 344. The number of halogens is 1. The fraction of sp³-hybridized carbons (Fsp3) is 0.500. The summed E-state index contributed by atoms with van der Waals surface area (Å²) in [5.41, 5.74) is 0.0784. The summed E-state index contributed by atoms with van der Waals surface area (Å²) in [4.78, 5) is 0. The van der Waals surface area contributed by atoms with Gasteiger partial charge in [-0.2, -0.15) is 0 Å². The molecule has 90 valence electrons. The highest BCUT2D eigenvalue weighted by Crippen LogP contribution is 2.35. The molecule has 0 amide bonds. The van der Waals surface area contributed by atoms with Gasteiger partial charge >= 0.3 is 0 Å². The van der Waals surface area contributed by atoms with Crippen molar-refractivity contribution in [1.29, 1.82) is 0 Å².